The van der Waals surface area contributed by atoms with E-state index < -0.39 is 11.3 Å². The van der Waals surface area contributed by atoms with Crippen LogP contribution < -0.4 is 0 Å². The molecule has 102 valence electrons. The van der Waals surface area contributed by atoms with Gasteiger partial charge in [-0.05, 0) is 5.92 Å². The minimum atomic E-state index is -2.65. The number of hydrogen-bond acceptors (Lipinski definition) is 2. The average molecular weight is 259 g/mol. The summed E-state index contributed by atoms with van der Waals surface area (Å²) in [6, 6.07) is 0. The highest BCUT2D eigenvalue weighted by atomic mass is 19.3. The van der Waals surface area contributed by atoms with Crippen LogP contribution in [-0.4, -0.2) is 43.0 Å². The predicted octanol–water partition coefficient (Wildman–Crippen LogP) is 1.92. The summed E-state index contributed by atoms with van der Waals surface area (Å²) < 4.78 is 31.5. The summed E-state index contributed by atoms with van der Waals surface area (Å²) in [7, 11) is 0. The number of rotatable bonds is 2. The number of ether oxygens (including phenoxy) is 1. The van der Waals surface area contributed by atoms with Gasteiger partial charge in [0, 0.05) is 25.9 Å². The van der Waals surface area contributed by atoms with Crippen LogP contribution in [0.15, 0.2) is 0 Å². The van der Waals surface area contributed by atoms with Crippen molar-refractivity contribution in [1.29, 1.82) is 0 Å². The molecule has 0 unspecified atom stereocenters. The molecule has 1 spiro atoms. The van der Waals surface area contributed by atoms with E-state index in [-0.39, 0.29) is 30.1 Å². The van der Waals surface area contributed by atoms with Crippen LogP contribution in [0.1, 0.15) is 26.7 Å². The van der Waals surface area contributed by atoms with Crippen LogP contribution in [0.4, 0.5) is 8.78 Å². The topological polar surface area (TPSA) is 29.5 Å². The summed E-state index contributed by atoms with van der Waals surface area (Å²) in [4.78, 5) is 14.2. The fourth-order valence-corrected chi connectivity index (χ4v) is 3.47. The van der Waals surface area contributed by atoms with Crippen molar-refractivity contribution in [3.8, 4) is 0 Å². The SMILES string of the molecule is CC(C)C1(C(=O)N2CC3(COC3)C2)CC(F)(F)C1. The maximum Gasteiger partial charge on any atom is 0.250 e. The van der Waals surface area contributed by atoms with Gasteiger partial charge in [-0.15, -0.1) is 0 Å². The van der Waals surface area contributed by atoms with Crippen molar-refractivity contribution in [2.75, 3.05) is 26.3 Å². The van der Waals surface area contributed by atoms with E-state index in [0.717, 1.165) is 0 Å². The van der Waals surface area contributed by atoms with Crippen LogP contribution in [0.5, 0.6) is 0 Å². The summed E-state index contributed by atoms with van der Waals surface area (Å²) in [5, 5.41) is 0. The second-order valence-electron chi connectivity index (χ2n) is 6.67. The van der Waals surface area contributed by atoms with Gasteiger partial charge < -0.3 is 9.64 Å². The van der Waals surface area contributed by atoms with Crippen LogP contribution in [0.3, 0.4) is 0 Å². The van der Waals surface area contributed by atoms with Gasteiger partial charge in [-0.2, -0.15) is 0 Å². The Morgan fingerprint density at radius 2 is 1.78 bits per heavy atom. The summed E-state index contributed by atoms with van der Waals surface area (Å²) in [6.07, 6.45) is -0.562. The summed E-state index contributed by atoms with van der Waals surface area (Å²) in [5.74, 6) is -2.75. The van der Waals surface area contributed by atoms with E-state index in [1.165, 1.54) is 0 Å². The van der Waals surface area contributed by atoms with Crippen LogP contribution in [0.2, 0.25) is 0 Å². The summed E-state index contributed by atoms with van der Waals surface area (Å²) in [5.41, 5.74) is -0.671. The van der Waals surface area contributed by atoms with E-state index in [1.807, 2.05) is 13.8 Å². The predicted molar refractivity (Wildman–Crippen MR) is 61.3 cm³/mol. The third-order valence-corrected chi connectivity index (χ3v) is 4.84. The molecule has 0 atom stereocenters. The highest BCUT2D eigenvalue weighted by Crippen LogP contribution is 2.58. The van der Waals surface area contributed by atoms with Crippen LogP contribution in [-0.2, 0) is 9.53 Å². The first kappa shape index (κ1) is 12.3. The number of amides is 1. The third-order valence-electron chi connectivity index (χ3n) is 4.84. The smallest absolute Gasteiger partial charge is 0.250 e. The zero-order valence-electron chi connectivity index (χ0n) is 10.8. The molecule has 3 nitrogen and oxygen atoms in total. The minimum Gasteiger partial charge on any atom is -0.380 e. The van der Waals surface area contributed by atoms with Gasteiger partial charge in [-0.25, -0.2) is 8.78 Å². The Hall–Kier alpha value is -0.710. The molecule has 1 saturated carbocycles. The monoisotopic (exact) mass is 259 g/mol. The van der Waals surface area contributed by atoms with Gasteiger partial charge in [0.1, 0.15) is 0 Å². The minimum absolute atomic E-state index is 0.0289. The fourth-order valence-electron chi connectivity index (χ4n) is 3.47. The number of likely N-dealkylation sites (tertiary alicyclic amines) is 1. The van der Waals surface area contributed by atoms with Crippen molar-refractivity contribution < 1.29 is 18.3 Å². The lowest BCUT2D eigenvalue weighted by molar-refractivity contribution is -0.225. The fraction of sp³-hybridized carbons (Fsp3) is 0.923. The van der Waals surface area contributed by atoms with E-state index in [1.54, 1.807) is 4.90 Å². The second-order valence-corrected chi connectivity index (χ2v) is 6.67. The number of halogens is 2. The van der Waals surface area contributed by atoms with Gasteiger partial charge in [0.05, 0.1) is 24.0 Å². The number of carbonyl (C=O) groups excluding carboxylic acids is 1. The summed E-state index contributed by atoms with van der Waals surface area (Å²) in [6.45, 7) is 6.53. The average Bonchev–Trinajstić information content (AvgIpc) is 2.07. The Labute approximate surface area is 105 Å². The Bertz CT molecular complexity index is 374. The maximum atomic E-state index is 13.2. The van der Waals surface area contributed by atoms with E-state index in [0.29, 0.717) is 26.3 Å². The molecule has 1 aliphatic carbocycles. The molecule has 5 heteroatoms. The quantitative estimate of drug-likeness (QED) is 0.758. The molecule has 2 saturated heterocycles. The van der Waals surface area contributed by atoms with Crippen molar-refractivity contribution in [3.05, 3.63) is 0 Å². The van der Waals surface area contributed by atoms with Crippen molar-refractivity contribution in [2.45, 2.75) is 32.6 Å². The molecule has 0 bridgehead atoms. The van der Waals surface area contributed by atoms with Crippen LogP contribution in [0.25, 0.3) is 0 Å². The molecule has 0 aromatic rings. The lowest BCUT2D eigenvalue weighted by atomic mass is 9.58. The summed E-state index contributed by atoms with van der Waals surface area (Å²) >= 11 is 0. The van der Waals surface area contributed by atoms with Crippen molar-refractivity contribution >= 4 is 5.91 Å². The molecule has 2 aliphatic heterocycles. The molecule has 0 N–H and O–H groups in total. The lowest BCUT2D eigenvalue weighted by Gasteiger charge is -2.59. The molecule has 0 radical (unpaired) electrons. The van der Waals surface area contributed by atoms with Gasteiger partial charge in [0.25, 0.3) is 0 Å². The van der Waals surface area contributed by atoms with E-state index >= 15 is 0 Å². The standard InChI is InChI=1S/C13H19F2NO2/c1-9(2)12(3-13(14,15)4-12)10(17)16-5-11(6-16)7-18-8-11/h9H,3-8H2,1-2H3. The molecule has 0 aromatic heterocycles. The first-order valence-electron chi connectivity index (χ1n) is 6.54. The third kappa shape index (κ3) is 1.52. The number of nitrogens with zero attached hydrogens (tertiary/aromatic N) is 1. The zero-order chi connectivity index (χ0) is 13.2. The Kier molecular flexibility index (Phi) is 2.35. The van der Waals surface area contributed by atoms with Crippen LogP contribution in [0, 0.1) is 16.7 Å². The van der Waals surface area contributed by atoms with Gasteiger partial charge in [-0.3, -0.25) is 4.79 Å². The number of carbonyl (C=O) groups is 1. The molecule has 3 rings (SSSR count). The highest BCUT2D eigenvalue weighted by molar-refractivity contribution is 5.85. The molecule has 3 aliphatic rings. The Morgan fingerprint density at radius 1 is 1.22 bits per heavy atom. The van der Waals surface area contributed by atoms with E-state index in [2.05, 4.69) is 0 Å². The normalized spacial score (nSPS) is 30.6. The lowest BCUT2D eigenvalue weighted by Crippen LogP contribution is -2.71. The van der Waals surface area contributed by atoms with Gasteiger partial charge in [-0.1, -0.05) is 13.8 Å². The molecule has 2 heterocycles. The Morgan fingerprint density at radius 3 is 2.11 bits per heavy atom. The second kappa shape index (κ2) is 3.44. The zero-order valence-corrected chi connectivity index (χ0v) is 10.8. The highest BCUT2D eigenvalue weighted by Gasteiger charge is 2.65. The van der Waals surface area contributed by atoms with E-state index in [4.69, 9.17) is 4.74 Å². The maximum absolute atomic E-state index is 13.2. The van der Waals surface area contributed by atoms with E-state index in [9.17, 15) is 13.6 Å². The number of hydrogen-bond donors (Lipinski definition) is 0. The van der Waals surface area contributed by atoms with Gasteiger partial charge in [0.15, 0.2) is 0 Å². The molecule has 3 fully saturated rings. The van der Waals surface area contributed by atoms with Crippen molar-refractivity contribution in [2.24, 2.45) is 16.7 Å². The molecular weight excluding hydrogens is 240 g/mol. The Balaban J connectivity index is 1.67. The molecule has 0 aromatic carbocycles. The van der Waals surface area contributed by atoms with Crippen molar-refractivity contribution in [1.82, 2.24) is 4.90 Å². The molecular formula is C13H19F2NO2. The number of alkyl halides is 2. The van der Waals surface area contributed by atoms with Crippen molar-refractivity contribution in [3.63, 3.8) is 0 Å². The van der Waals surface area contributed by atoms with Gasteiger partial charge >= 0.3 is 0 Å². The van der Waals surface area contributed by atoms with Crippen LogP contribution >= 0.6 is 0 Å². The van der Waals surface area contributed by atoms with Gasteiger partial charge in [0.2, 0.25) is 11.8 Å². The first-order valence-corrected chi connectivity index (χ1v) is 6.54. The largest absolute Gasteiger partial charge is 0.380 e. The first-order chi connectivity index (χ1) is 8.29. The molecule has 18 heavy (non-hydrogen) atoms. The molecule has 1 amide bonds.